The van der Waals surface area contributed by atoms with Crippen LogP contribution in [-0.2, 0) is 11.3 Å². The second kappa shape index (κ2) is 5.46. The Morgan fingerprint density at radius 3 is 3.05 bits per heavy atom. The highest BCUT2D eigenvalue weighted by molar-refractivity contribution is 9.10. The molecule has 1 aliphatic rings. The Hall–Kier alpha value is -1.53. The molecule has 2 N–H and O–H groups in total. The highest BCUT2D eigenvalue weighted by atomic mass is 79.9. The predicted octanol–water partition coefficient (Wildman–Crippen LogP) is 3.76. The second-order valence-corrected chi connectivity index (χ2v) is 6.71. The number of amides is 1. The van der Waals surface area contributed by atoms with Gasteiger partial charge in [-0.2, -0.15) is 0 Å². The molecule has 1 amide bonds. The summed E-state index contributed by atoms with van der Waals surface area (Å²) in [5.74, 6) is 0.595. The van der Waals surface area contributed by atoms with E-state index in [2.05, 4.69) is 39.6 Å². The molecule has 20 heavy (non-hydrogen) atoms. The molecule has 0 bridgehead atoms. The summed E-state index contributed by atoms with van der Waals surface area (Å²) in [4.78, 5) is 13.8. The summed E-state index contributed by atoms with van der Waals surface area (Å²) in [6.45, 7) is 2.93. The molecule has 3 rings (SSSR count). The molecule has 1 aromatic carbocycles. The molecule has 1 aromatic heterocycles. The molecule has 0 spiro atoms. The Balaban J connectivity index is 1.72. The van der Waals surface area contributed by atoms with Crippen LogP contribution in [0.4, 0.5) is 11.4 Å². The van der Waals surface area contributed by atoms with Crippen LogP contribution in [0.15, 0.2) is 28.7 Å². The molecular formula is C14H13BrN2O2S. The van der Waals surface area contributed by atoms with Gasteiger partial charge in [0.2, 0.25) is 0 Å². The number of ether oxygens (including phenoxy) is 1. The van der Waals surface area contributed by atoms with Crippen molar-refractivity contribution >= 4 is 44.5 Å². The fourth-order valence-electron chi connectivity index (χ4n) is 1.99. The number of benzene rings is 1. The van der Waals surface area contributed by atoms with E-state index in [9.17, 15) is 4.79 Å². The number of aryl methyl sites for hydroxylation is 1. The van der Waals surface area contributed by atoms with Crippen LogP contribution in [0.5, 0.6) is 5.75 Å². The van der Waals surface area contributed by atoms with Crippen LogP contribution in [0.3, 0.4) is 0 Å². The first kappa shape index (κ1) is 13.5. The number of nitrogens with one attached hydrogen (secondary N) is 2. The Morgan fingerprint density at radius 2 is 2.30 bits per heavy atom. The van der Waals surface area contributed by atoms with E-state index >= 15 is 0 Å². The lowest BCUT2D eigenvalue weighted by molar-refractivity contribution is -0.118. The largest absolute Gasteiger partial charge is 0.482 e. The quantitative estimate of drug-likeness (QED) is 0.883. The standard InChI is InChI=1S/C14H13BrN2O2S/c1-8-11(15)5-10(20-8)6-16-9-2-3-13-12(4-9)17-14(18)7-19-13/h2-5,16H,6-7H2,1H3,(H,17,18). The topological polar surface area (TPSA) is 50.4 Å². The van der Waals surface area contributed by atoms with E-state index < -0.39 is 0 Å². The van der Waals surface area contributed by atoms with Crippen molar-refractivity contribution in [2.45, 2.75) is 13.5 Å². The Labute approximate surface area is 129 Å². The molecular weight excluding hydrogens is 340 g/mol. The molecule has 0 saturated heterocycles. The number of carbonyl (C=O) groups excluding carboxylic acids is 1. The Bertz CT molecular complexity index is 650. The molecule has 0 aliphatic carbocycles. The summed E-state index contributed by atoms with van der Waals surface area (Å²) < 4.78 is 6.47. The van der Waals surface area contributed by atoms with Crippen LogP contribution in [0, 0.1) is 6.92 Å². The predicted molar refractivity (Wildman–Crippen MR) is 84.6 cm³/mol. The van der Waals surface area contributed by atoms with Crippen LogP contribution in [0.25, 0.3) is 0 Å². The third-order valence-corrected chi connectivity index (χ3v) is 5.12. The van der Waals surface area contributed by atoms with Crippen LogP contribution in [-0.4, -0.2) is 12.5 Å². The van der Waals surface area contributed by atoms with Gasteiger partial charge >= 0.3 is 0 Å². The zero-order valence-corrected chi connectivity index (χ0v) is 13.2. The van der Waals surface area contributed by atoms with Crippen LogP contribution >= 0.6 is 27.3 Å². The van der Waals surface area contributed by atoms with Gasteiger partial charge in [-0.05, 0) is 47.1 Å². The third kappa shape index (κ3) is 2.81. The molecule has 0 unspecified atom stereocenters. The van der Waals surface area contributed by atoms with Gasteiger partial charge in [-0.1, -0.05) is 0 Å². The first-order valence-electron chi connectivity index (χ1n) is 6.17. The molecule has 104 valence electrons. The zero-order valence-electron chi connectivity index (χ0n) is 10.8. The molecule has 0 radical (unpaired) electrons. The van der Waals surface area contributed by atoms with Crippen molar-refractivity contribution in [2.75, 3.05) is 17.2 Å². The summed E-state index contributed by atoms with van der Waals surface area (Å²) in [7, 11) is 0. The van der Waals surface area contributed by atoms with E-state index in [1.54, 1.807) is 11.3 Å². The highest BCUT2D eigenvalue weighted by Crippen LogP contribution is 2.31. The average Bonchev–Trinajstić information content (AvgIpc) is 2.75. The third-order valence-electron chi connectivity index (χ3n) is 2.99. The number of rotatable bonds is 3. The fraction of sp³-hybridized carbons (Fsp3) is 0.214. The lowest BCUT2D eigenvalue weighted by atomic mass is 10.2. The Kier molecular flexibility index (Phi) is 3.67. The summed E-state index contributed by atoms with van der Waals surface area (Å²) in [5, 5.41) is 6.15. The van der Waals surface area contributed by atoms with Gasteiger partial charge in [0, 0.05) is 26.5 Å². The maximum atomic E-state index is 11.3. The number of halogens is 1. The van der Waals surface area contributed by atoms with Crippen molar-refractivity contribution in [2.24, 2.45) is 0 Å². The average molecular weight is 353 g/mol. The zero-order chi connectivity index (χ0) is 14.1. The van der Waals surface area contributed by atoms with Crippen molar-refractivity contribution in [3.63, 3.8) is 0 Å². The van der Waals surface area contributed by atoms with E-state index in [4.69, 9.17) is 4.74 Å². The summed E-state index contributed by atoms with van der Waals surface area (Å²) in [6.07, 6.45) is 0. The molecule has 0 fully saturated rings. The number of thiophene rings is 1. The van der Waals surface area contributed by atoms with E-state index in [0.29, 0.717) is 5.75 Å². The van der Waals surface area contributed by atoms with Crippen molar-refractivity contribution in [1.82, 2.24) is 0 Å². The van der Waals surface area contributed by atoms with Gasteiger partial charge in [0.05, 0.1) is 5.69 Å². The van der Waals surface area contributed by atoms with Gasteiger partial charge in [0.1, 0.15) is 5.75 Å². The van der Waals surface area contributed by atoms with Gasteiger partial charge in [-0.3, -0.25) is 4.79 Å². The van der Waals surface area contributed by atoms with Crippen LogP contribution in [0.1, 0.15) is 9.75 Å². The molecule has 4 nitrogen and oxygen atoms in total. The monoisotopic (exact) mass is 352 g/mol. The minimum atomic E-state index is -0.118. The molecule has 6 heteroatoms. The van der Waals surface area contributed by atoms with Crippen molar-refractivity contribution in [3.8, 4) is 5.75 Å². The van der Waals surface area contributed by atoms with Gasteiger partial charge in [-0.15, -0.1) is 11.3 Å². The van der Waals surface area contributed by atoms with Crippen molar-refractivity contribution in [3.05, 3.63) is 38.5 Å². The molecule has 0 saturated carbocycles. The van der Waals surface area contributed by atoms with Gasteiger partial charge in [0.25, 0.3) is 5.91 Å². The number of fused-ring (bicyclic) bond motifs is 1. The smallest absolute Gasteiger partial charge is 0.262 e. The molecule has 2 aromatic rings. The molecule has 2 heterocycles. The fourth-order valence-corrected chi connectivity index (χ4v) is 3.53. The number of carbonyl (C=O) groups is 1. The van der Waals surface area contributed by atoms with E-state index in [1.807, 2.05) is 18.2 Å². The Morgan fingerprint density at radius 1 is 1.45 bits per heavy atom. The second-order valence-electron chi connectivity index (χ2n) is 4.52. The van der Waals surface area contributed by atoms with E-state index in [1.165, 1.54) is 9.75 Å². The summed E-state index contributed by atoms with van der Waals surface area (Å²) >= 11 is 5.28. The normalized spacial score (nSPS) is 13.4. The van der Waals surface area contributed by atoms with Crippen molar-refractivity contribution in [1.29, 1.82) is 0 Å². The van der Waals surface area contributed by atoms with Crippen LogP contribution in [0.2, 0.25) is 0 Å². The molecule has 1 aliphatic heterocycles. The summed E-state index contributed by atoms with van der Waals surface area (Å²) in [6, 6.07) is 7.83. The number of hydrogen-bond donors (Lipinski definition) is 2. The van der Waals surface area contributed by atoms with E-state index in [-0.39, 0.29) is 12.5 Å². The van der Waals surface area contributed by atoms with Crippen molar-refractivity contribution < 1.29 is 9.53 Å². The van der Waals surface area contributed by atoms with Crippen LogP contribution < -0.4 is 15.4 Å². The lowest BCUT2D eigenvalue weighted by Gasteiger charge is -2.18. The maximum Gasteiger partial charge on any atom is 0.262 e. The van der Waals surface area contributed by atoms with E-state index in [0.717, 1.165) is 22.4 Å². The maximum absolute atomic E-state index is 11.3. The number of anilines is 2. The highest BCUT2D eigenvalue weighted by Gasteiger charge is 2.15. The van der Waals surface area contributed by atoms with Gasteiger partial charge in [-0.25, -0.2) is 0 Å². The SMILES string of the molecule is Cc1sc(CNc2ccc3c(c2)NC(=O)CO3)cc1Br. The first-order valence-corrected chi connectivity index (χ1v) is 7.78. The lowest BCUT2D eigenvalue weighted by Crippen LogP contribution is -2.25. The van der Waals surface area contributed by atoms with Gasteiger partial charge < -0.3 is 15.4 Å². The van der Waals surface area contributed by atoms with Gasteiger partial charge in [0.15, 0.2) is 6.61 Å². The summed E-state index contributed by atoms with van der Waals surface area (Å²) in [5.41, 5.74) is 1.67. The molecule has 0 atom stereocenters. The number of hydrogen-bond acceptors (Lipinski definition) is 4. The minimum absolute atomic E-state index is 0.0856. The first-order chi connectivity index (χ1) is 9.61. The minimum Gasteiger partial charge on any atom is -0.482 e.